The van der Waals surface area contributed by atoms with Gasteiger partial charge in [0.2, 0.25) is 5.91 Å². The van der Waals surface area contributed by atoms with Crippen LogP contribution in [0, 0.1) is 0 Å². The highest BCUT2D eigenvalue weighted by molar-refractivity contribution is 6.00. The van der Waals surface area contributed by atoms with Gasteiger partial charge in [-0.25, -0.2) is 15.0 Å². The van der Waals surface area contributed by atoms with E-state index in [2.05, 4.69) is 36.3 Å². The number of amides is 1. The topological polar surface area (TPSA) is 99.7 Å². The number of H-pyrrole nitrogens is 1. The highest BCUT2D eigenvalue weighted by atomic mass is 16.1. The molecule has 0 radical (unpaired) electrons. The summed E-state index contributed by atoms with van der Waals surface area (Å²) in [5.74, 6) is -0.160. The molecule has 0 fully saturated rings. The van der Waals surface area contributed by atoms with E-state index < -0.39 is 0 Å². The SMILES string of the molecule is CN(C)CC=CC(=O)Nc1cccc(-c2cnc3[nH]cc(-c4ncncc4CCc4ccccn4)c3c2)c1. The molecule has 4 aromatic heterocycles. The molecule has 0 unspecified atom stereocenters. The third-order valence-electron chi connectivity index (χ3n) is 6.15. The summed E-state index contributed by atoms with van der Waals surface area (Å²) in [4.78, 5) is 35.6. The first kappa shape index (κ1) is 25.0. The number of hydrogen-bond acceptors (Lipinski definition) is 6. The molecule has 5 aromatic rings. The molecule has 0 saturated heterocycles. The first-order valence-corrected chi connectivity index (χ1v) is 12.5. The van der Waals surface area contributed by atoms with Crippen LogP contribution < -0.4 is 5.32 Å². The number of aryl methyl sites for hydroxylation is 2. The number of nitrogens with zero attached hydrogens (tertiary/aromatic N) is 5. The number of carbonyl (C=O) groups is 1. The molecule has 38 heavy (non-hydrogen) atoms. The van der Waals surface area contributed by atoms with Crippen molar-refractivity contribution < 1.29 is 4.79 Å². The predicted molar refractivity (Wildman–Crippen MR) is 151 cm³/mol. The maximum Gasteiger partial charge on any atom is 0.248 e. The number of rotatable bonds is 9. The van der Waals surface area contributed by atoms with E-state index in [1.165, 1.54) is 0 Å². The Kier molecular flexibility index (Phi) is 7.61. The second-order valence-electron chi connectivity index (χ2n) is 9.27. The smallest absolute Gasteiger partial charge is 0.248 e. The lowest BCUT2D eigenvalue weighted by molar-refractivity contribution is -0.111. The van der Waals surface area contributed by atoms with Crippen LogP contribution in [-0.2, 0) is 17.6 Å². The number of benzene rings is 1. The standard InChI is InChI=1S/C30H29N7O/c1-37(2)14-6-10-28(38)36-25-9-5-7-21(15-25)23-16-26-27(19-34-30(26)33-18-23)29-22(17-31-20-35-29)11-12-24-8-3-4-13-32-24/h3-10,13,15-20H,11-12,14H2,1-2H3,(H,33,34)(H,36,38). The number of aromatic amines is 1. The van der Waals surface area contributed by atoms with Crippen LogP contribution >= 0.6 is 0 Å². The van der Waals surface area contributed by atoms with Gasteiger partial charge in [0.25, 0.3) is 0 Å². The first-order chi connectivity index (χ1) is 18.6. The Morgan fingerprint density at radius 1 is 1.00 bits per heavy atom. The van der Waals surface area contributed by atoms with Crippen molar-refractivity contribution in [2.24, 2.45) is 0 Å². The van der Waals surface area contributed by atoms with E-state index in [-0.39, 0.29) is 5.91 Å². The molecule has 0 bridgehead atoms. The average molecular weight is 504 g/mol. The summed E-state index contributed by atoms with van der Waals surface area (Å²) in [5, 5.41) is 3.91. The average Bonchev–Trinajstić information content (AvgIpc) is 3.36. The molecule has 0 aliphatic heterocycles. The number of hydrogen-bond donors (Lipinski definition) is 2. The largest absolute Gasteiger partial charge is 0.345 e. The molecule has 0 spiro atoms. The number of likely N-dealkylation sites (N-methyl/N-ethyl adjacent to an activating group) is 1. The van der Waals surface area contributed by atoms with Crippen LogP contribution in [0.1, 0.15) is 11.3 Å². The summed E-state index contributed by atoms with van der Waals surface area (Å²) in [6, 6.07) is 15.8. The Balaban J connectivity index is 1.41. The fourth-order valence-electron chi connectivity index (χ4n) is 4.28. The molecule has 190 valence electrons. The fourth-order valence-corrected chi connectivity index (χ4v) is 4.28. The number of aromatic nitrogens is 5. The van der Waals surface area contributed by atoms with Crippen molar-refractivity contribution in [2.45, 2.75) is 12.8 Å². The van der Waals surface area contributed by atoms with E-state index in [9.17, 15) is 4.79 Å². The quantitative estimate of drug-likeness (QED) is 0.277. The molecular formula is C30H29N7O. The second kappa shape index (κ2) is 11.6. The third-order valence-corrected chi connectivity index (χ3v) is 6.15. The van der Waals surface area contributed by atoms with Crippen molar-refractivity contribution in [3.63, 3.8) is 0 Å². The molecule has 0 aliphatic rings. The molecule has 8 heteroatoms. The Hall–Kier alpha value is -4.69. The van der Waals surface area contributed by atoms with E-state index in [0.717, 1.165) is 63.2 Å². The Bertz CT molecular complexity index is 1570. The lowest BCUT2D eigenvalue weighted by Gasteiger charge is -2.09. The Morgan fingerprint density at radius 2 is 1.92 bits per heavy atom. The van der Waals surface area contributed by atoms with E-state index in [1.54, 1.807) is 12.4 Å². The van der Waals surface area contributed by atoms with E-state index >= 15 is 0 Å². The van der Waals surface area contributed by atoms with Crippen molar-refractivity contribution in [1.29, 1.82) is 0 Å². The molecular weight excluding hydrogens is 474 g/mol. The Labute approximate surface area is 221 Å². The second-order valence-corrected chi connectivity index (χ2v) is 9.27. The van der Waals surface area contributed by atoms with Gasteiger partial charge in [-0.1, -0.05) is 24.3 Å². The van der Waals surface area contributed by atoms with Gasteiger partial charge in [-0.3, -0.25) is 9.78 Å². The maximum atomic E-state index is 12.3. The zero-order valence-electron chi connectivity index (χ0n) is 21.4. The zero-order chi connectivity index (χ0) is 26.3. The molecule has 8 nitrogen and oxygen atoms in total. The minimum atomic E-state index is -0.160. The van der Waals surface area contributed by atoms with E-state index in [1.807, 2.05) is 92.3 Å². The van der Waals surface area contributed by atoms with Gasteiger partial charge in [-0.05, 0) is 68.4 Å². The summed E-state index contributed by atoms with van der Waals surface area (Å²) >= 11 is 0. The van der Waals surface area contributed by atoms with Gasteiger partial charge in [0.1, 0.15) is 12.0 Å². The zero-order valence-corrected chi connectivity index (χ0v) is 21.4. The molecule has 4 heterocycles. The number of anilines is 1. The van der Waals surface area contributed by atoms with E-state index in [0.29, 0.717) is 6.54 Å². The Morgan fingerprint density at radius 3 is 2.76 bits per heavy atom. The van der Waals surface area contributed by atoms with Crippen LogP contribution in [0.4, 0.5) is 5.69 Å². The van der Waals surface area contributed by atoms with Gasteiger partial charge in [-0.15, -0.1) is 0 Å². The summed E-state index contributed by atoms with van der Waals surface area (Å²) in [6.07, 6.45) is 14.0. The molecule has 0 aliphatic carbocycles. The molecule has 1 amide bonds. The summed E-state index contributed by atoms with van der Waals surface area (Å²) < 4.78 is 0. The maximum absolute atomic E-state index is 12.3. The monoisotopic (exact) mass is 503 g/mol. The van der Waals surface area contributed by atoms with Crippen molar-refractivity contribution >= 4 is 22.6 Å². The highest BCUT2D eigenvalue weighted by Crippen LogP contribution is 2.32. The van der Waals surface area contributed by atoms with Crippen molar-refractivity contribution in [3.8, 4) is 22.4 Å². The van der Waals surface area contributed by atoms with Crippen molar-refractivity contribution in [2.75, 3.05) is 26.0 Å². The van der Waals surface area contributed by atoms with Crippen LogP contribution in [-0.4, -0.2) is 56.4 Å². The third kappa shape index (κ3) is 5.99. The summed E-state index contributed by atoms with van der Waals surface area (Å²) in [5.41, 5.74) is 7.36. The van der Waals surface area contributed by atoms with E-state index in [4.69, 9.17) is 0 Å². The molecule has 5 rings (SSSR count). The van der Waals surface area contributed by atoms with Crippen molar-refractivity contribution in [1.82, 2.24) is 29.8 Å². The number of fused-ring (bicyclic) bond motifs is 1. The number of pyridine rings is 2. The normalized spacial score (nSPS) is 11.4. The lowest BCUT2D eigenvalue weighted by atomic mass is 10.0. The fraction of sp³-hybridized carbons (Fsp3) is 0.167. The van der Waals surface area contributed by atoms with Crippen molar-refractivity contribution in [3.05, 3.63) is 103 Å². The highest BCUT2D eigenvalue weighted by Gasteiger charge is 2.14. The lowest BCUT2D eigenvalue weighted by Crippen LogP contribution is -2.12. The van der Waals surface area contributed by atoms with Gasteiger partial charge < -0.3 is 15.2 Å². The van der Waals surface area contributed by atoms with Gasteiger partial charge in [0, 0.05) is 65.3 Å². The van der Waals surface area contributed by atoms with Crippen LogP contribution in [0.3, 0.4) is 0 Å². The first-order valence-electron chi connectivity index (χ1n) is 12.5. The minimum absolute atomic E-state index is 0.160. The molecule has 0 atom stereocenters. The summed E-state index contributed by atoms with van der Waals surface area (Å²) in [6.45, 7) is 0.704. The van der Waals surface area contributed by atoms with Crippen LogP contribution in [0.25, 0.3) is 33.4 Å². The molecule has 0 saturated carbocycles. The minimum Gasteiger partial charge on any atom is -0.345 e. The van der Waals surface area contributed by atoms with Gasteiger partial charge in [0.05, 0.1) is 5.69 Å². The van der Waals surface area contributed by atoms with Gasteiger partial charge >= 0.3 is 0 Å². The van der Waals surface area contributed by atoms with Gasteiger partial charge in [-0.2, -0.15) is 0 Å². The molecule has 1 aromatic carbocycles. The molecule has 2 N–H and O–H groups in total. The van der Waals surface area contributed by atoms with Crippen LogP contribution in [0.5, 0.6) is 0 Å². The summed E-state index contributed by atoms with van der Waals surface area (Å²) in [7, 11) is 3.92. The van der Waals surface area contributed by atoms with Gasteiger partial charge in [0.15, 0.2) is 0 Å². The van der Waals surface area contributed by atoms with Crippen LogP contribution in [0.15, 0.2) is 91.8 Å². The van der Waals surface area contributed by atoms with Crippen LogP contribution in [0.2, 0.25) is 0 Å². The predicted octanol–water partition coefficient (Wildman–Crippen LogP) is 4.92. The number of nitrogens with one attached hydrogen (secondary N) is 2. The number of carbonyl (C=O) groups excluding carboxylic acids is 1.